The van der Waals surface area contributed by atoms with Crippen LogP contribution in [0.25, 0.3) is 5.65 Å². The van der Waals surface area contributed by atoms with Gasteiger partial charge in [-0.3, -0.25) is 9.63 Å². The van der Waals surface area contributed by atoms with E-state index in [4.69, 9.17) is 4.84 Å². The van der Waals surface area contributed by atoms with E-state index < -0.39 is 12.0 Å². The van der Waals surface area contributed by atoms with Crippen molar-refractivity contribution in [2.75, 3.05) is 18.0 Å². The first kappa shape index (κ1) is 20.1. The molecule has 1 aliphatic rings. The Hall–Kier alpha value is -3.21. The lowest BCUT2D eigenvalue weighted by Crippen LogP contribution is -2.41. The third kappa shape index (κ3) is 4.35. The molecule has 158 valence electrons. The number of alkyl halides is 3. The molecule has 30 heavy (non-hydrogen) atoms. The predicted octanol–water partition coefficient (Wildman–Crippen LogP) is 2.61. The van der Waals surface area contributed by atoms with Crippen LogP contribution in [0.4, 0.5) is 19.0 Å². The maximum Gasteiger partial charge on any atom is 0.453 e. The molecule has 0 spiro atoms. The van der Waals surface area contributed by atoms with Gasteiger partial charge in [-0.2, -0.15) is 17.7 Å². The summed E-state index contributed by atoms with van der Waals surface area (Å²) < 4.78 is 39.8. The third-order valence-electron chi connectivity index (χ3n) is 4.95. The Balaban J connectivity index is 1.33. The number of nitrogens with one attached hydrogen (secondary N) is 1. The predicted molar refractivity (Wildman–Crippen MR) is 100 cm³/mol. The summed E-state index contributed by atoms with van der Waals surface area (Å²) in [7, 11) is 0. The van der Waals surface area contributed by atoms with Crippen LogP contribution in [0.2, 0.25) is 0 Å². The number of carbonyl (C=O) groups excluding carboxylic acids is 1. The van der Waals surface area contributed by atoms with E-state index in [0.717, 1.165) is 5.56 Å². The van der Waals surface area contributed by atoms with Gasteiger partial charge in [-0.25, -0.2) is 5.48 Å². The zero-order chi connectivity index (χ0) is 21.1. The number of piperidine rings is 1. The highest BCUT2D eigenvalue weighted by Crippen LogP contribution is 2.28. The number of amides is 1. The summed E-state index contributed by atoms with van der Waals surface area (Å²) >= 11 is 0. The first-order valence-corrected chi connectivity index (χ1v) is 9.42. The van der Waals surface area contributed by atoms with E-state index >= 15 is 0 Å². The Bertz CT molecular complexity index is 1020. The van der Waals surface area contributed by atoms with Crippen LogP contribution in [0.15, 0.2) is 42.5 Å². The second-order valence-electron chi connectivity index (χ2n) is 6.98. The van der Waals surface area contributed by atoms with Crippen molar-refractivity contribution in [3.05, 3.63) is 53.9 Å². The Labute approximate surface area is 169 Å². The molecular formula is C19H19F3N6O2. The molecule has 0 radical (unpaired) electrons. The Kier molecular flexibility index (Phi) is 5.53. The standard InChI is InChI=1S/C19H19F3N6O2/c20-19(21,22)18-24-23-15-6-7-16(25-28(15)18)27-10-8-14(9-11-27)17(29)26-30-12-13-4-2-1-3-5-13/h1-7,14H,8-12H2,(H,26,29). The first-order valence-electron chi connectivity index (χ1n) is 9.42. The smallest absolute Gasteiger partial charge is 0.355 e. The maximum atomic E-state index is 13.0. The van der Waals surface area contributed by atoms with Crippen molar-refractivity contribution in [1.82, 2.24) is 25.3 Å². The van der Waals surface area contributed by atoms with E-state index in [1.807, 2.05) is 35.2 Å². The lowest BCUT2D eigenvalue weighted by molar-refractivity contribution is -0.146. The van der Waals surface area contributed by atoms with E-state index in [2.05, 4.69) is 20.8 Å². The van der Waals surface area contributed by atoms with Crippen LogP contribution in [0, 0.1) is 5.92 Å². The van der Waals surface area contributed by atoms with E-state index in [1.165, 1.54) is 6.07 Å². The van der Waals surface area contributed by atoms with E-state index in [1.54, 1.807) is 6.07 Å². The largest absolute Gasteiger partial charge is 0.453 e. The number of hydrogen-bond donors (Lipinski definition) is 1. The number of rotatable bonds is 5. The molecule has 3 aromatic rings. The van der Waals surface area contributed by atoms with E-state index in [-0.39, 0.29) is 24.1 Å². The molecule has 0 unspecified atom stereocenters. The van der Waals surface area contributed by atoms with Gasteiger partial charge in [0.1, 0.15) is 5.82 Å². The molecule has 8 nitrogen and oxygen atoms in total. The second kappa shape index (κ2) is 8.27. The van der Waals surface area contributed by atoms with Crippen LogP contribution >= 0.6 is 0 Å². The van der Waals surface area contributed by atoms with Gasteiger partial charge >= 0.3 is 6.18 Å². The number of anilines is 1. The van der Waals surface area contributed by atoms with Crippen molar-refractivity contribution in [2.24, 2.45) is 5.92 Å². The third-order valence-corrected chi connectivity index (χ3v) is 4.95. The Morgan fingerprint density at radius 3 is 2.53 bits per heavy atom. The molecule has 0 bridgehead atoms. The first-order chi connectivity index (χ1) is 14.4. The Morgan fingerprint density at radius 1 is 1.10 bits per heavy atom. The summed E-state index contributed by atoms with van der Waals surface area (Å²) in [5.41, 5.74) is 3.45. The van der Waals surface area contributed by atoms with Gasteiger partial charge in [0.2, 0.25) is 5.91 Å². The monoisotopic (exact) mass is 420 g/mol. The van der Waals surface area contributed by atoms with Gasteiger partial charge in [0.05, 0.1) is 6.61 Å². The zero-order valence-electron chi connectivity index (χ0n) is 15.8. The number of fused-ring (bicyclic) bond motifs is 1. The number of halogens is 3. The van der Waals surface area contributed by atoms with Crippen molar-refractivity contribution < 1.29 is 22.8 Å². The van der Waals surface area contributed by atoms with Crippen molar-refractivity contribution in [2.45, 2.75) is 25.6 Å². The van der Waals surface area contributed by atoms with Gasteiger partial charge in [0.25, 0.3) is 5.82 Å². The molecule has 1 aliphatic heterocycles. The number of hydrogen-bond acceptors (Lipinski definition) is 6. The molecule has 0 atom stereocenters. The van der Waals surface area contributed by atoms with Crippen LogP contribution in [0.5, 0.6) is 0 Å². The highest BCUT2D eigenvalue weighted by atomic mass is 19.4. The average molecular weight is 420 g/mol. The van der Waals surface area contributed by atoms with Crippen LogP contribution in [-0.4, -0.2) is 38.8 Å². The van der Waals surface area contributed by atoms with Crippen LogP contribution in [-0.2, 0) is 22.4 Å². The second-order valence-corrected chi connectivity index (χ2v) is 6.98. The summed E-state index contributed by atoms with van der Waals surface area (Å²) in [5, 5.41) is 10.7. The summed E-state index contributed by atoms with van der Waals surface area (Å²) in [4.78, 5) is 19.4. The van der Waals surface area contributed by atoms with Crippen molar-refractivity contribution in [3.63, 3.8) is 0 Å². The number of hydroxylamine groups is 1. The van der Waals surface area contributed by atoms with Gasteiger partial charge in [0, 0.05) is 19.0 Å². The quantitative estimate of drug-likeness (QED) is 0.639. The fourth-order valence-corrected chi connectivity index (χ4v) is 3.34. The fourth-order valence-electron chi connectivity index (χ4n) is 3.34. The molecule has 3 heterocycles. The summed E-state index contributed by atoms with van der Waals surface area (Å²) in [6, 6.07) is 12.5. The normalized spacial score (nSPS) is 15.5. The molecule has 1 amide bonds. The molecule has 2 aromatic heterocycles. The molecule has 1 fully saturated rings. The van der Waals surface area contributed by atoms with Crippen LogP contribution in [0.3, 0.4) is 0 Å². The highest BCUT2D eigenvalue weighted by Gasteiger charge is 2.38. The molecule has 0 saturated carbocycles. The fraction of sp³-hybridized carbons (Fsp3) is 0.368. The van der Waals surface area contributed by atoms with Crippen molar-refractivity contribution in [3.8, 4) is 0 Å². The minimum atomic E-state index is -4.64. The minimum absolute atomic E-state index is 0.0240. The van der Waals surface area contributed by atoms with Gasteiger partial charge in [-0.15, -0.1) is 15.3 Å². The molecule has 1 aromatic carbocycles. The topological polar surface area (TPSA) is 84.6 Å². The van der Waals surface area contributed by atoms with Crippen LogP contribution < -0.4 is 10.4 Å². The SMILES string of the molecule is O=C(NOCc1ccccc1)C1CCN(c2ccc3nnc(C(F)(F)F)n3n2)CC1. The van der Waals surface area contributed by atoms with Crippen LogP contribution in [0.1, 0.15) is 24.2 Å². The van der Waals surface area contributed by atoms with E-state index in [9.17, 15) is 18.0 Å². The average Bonchev–Trinajstić information content (AvgIpc) is 3.18. The molecule has 1 N–H and O–H groups in total. The zero-order valence-corrected chi connectivity index (χ0v) is 15.8. The highest BCUT2D eigenvalue weighted by molar-refractivity contribution is 5.77. The Morgan fingerprint density at radius 2 is 1.83 bits per heavy atom. The summed E-state index contributed by atoms with van der Waals surface area (Å²) in [6.45, 7) is 1.24. The lowest BCUT2D eigenvalue weighted by atomic mass is 9.96. The molecule has 1 saturated heterocycles. The number of aromatic nitrogens is 4. The summed E-state index contributed by atoms with van der Waals surface area (Å²) in [6.07, 6.45) is -3.57. The maximum absolute atomic E-state index is 13.0. The number of nitrogens with zero attached hydrogens (tertiary/aromatic N) is 5. The summed E-state index contributed by atoms with van der Waals surface area (Å²) in [5.74, 6) is -1.22. The number of carbonyl (C=O) groups is 1. The van der Waals surface area contributed by atoms with Gasteiger partial charge in [-0.1, -0.05) is 30.3 Å². The van der Waals surface area contributed by atoms with E-state index in [0.29, 0.717) is 36.3 Å². The lowest BCUT2D eigenvalue weighted by Gasteiger charge is -2.31. The van der Waals surface area contributed by atoms with Crippen molar-refractivity contribution >= 4 is 17.4 Å². The molecule has 0 aliphatic carbocycles. The van der Waals surface area contributed by atoms with Gasteiger partial charge < -0.3 is 4.90 Å². The molecule has 11 heteroatoms. The van der Waals surface area contributed by atoms with Crippen molar-refractivity contribution in [1.29, 1.82) is 0 Å². The number of benzene rings is 1. The van der Waals surface area contributed by atoms with Gasteiger partial charge in [0.15, 0.2) is 5.65 Å². The molecule has 4 rings (SSSR count). The molecular weight excluding hydrogens is 401 g/mol. The van der Waals surface area contributed by atoms with Gasteiger partial charge in [-0.05, 0) is 30.5 Å². The minimum Gasteiger partial charge on any atom is -0.355 e.